The number of allylic oxidation sites excluding steroid dienone is 22. The van der Waals surface area contributed by atoms with E-state index in [-0.39, 0.29) is 31.1 Å². The molecule has 0 fully saturated rings. The maximum absolute atomic E-state index is 12.9. The number of carbonyl (C=O) groups is 3. The summed E-state index contributed by atoms with van der Waals surface area (Å²) in [5.74, 6) is -0.935. The molecule has 0 N–H and O–H groups in total. The van der Waals surface area contributed by atoms with Gasteiger partial charge in [-0.1, -0.05) is 283 Å². The fourth-order valence-corrected chi connectivity index (χ4v) is 9.08. The van der Waals surface area contributed by atoms with Crippen LogP contribution in [-0.4, -0.2) is 37.2 Å². The van der Waals surface area contributed by atoms with Gasteiger partial charge in [0.1, 0.15) is 13.2 Å². The highest BCUT2D eigenvalue weighted by molar-refractivity contribution is 5.71. The molecule has 0 rings (SSSR count). The maximum atomic E-state index is 12.9. The predicted molar refractivity (Wildman–Crippen MR) is 353 cm³/mol. The Morgan fingerprint density at radius 1 is 0.259 bits per heavy atom. The van der Waals surface area contributed by atoms with Gasteiger partial charge in [-0.25, -0.2) is 0 Å². The third-order valence-electron chi connectivity index (χ3n) is 14.1. The van der Waals surface area contributed by atoms with Gasteiger partial charge in [-0.2, -0.15) is 0 Å². The Bertz CT molecular complexity index is 1720. The van der Waals surface area contributed by atoms with Crippen LogP contribution < -0.4 is 0 Å². The van der Waals surface area contributed by atoms with E-state index in [1.54, 1.807) is 0 Å². The molecule has 0 saturated heterocycles. The molecule has 0 spiro atoms. The van der Waals surface area contributed by atoms with E-state index < -0.39 is 6.10 Å². The van der Waals surface area contributed by atoms with Crippen molar-refractivity contribution in [3.63, 3.8) is 0 Å². The highest BCUT2D eigenvalue weighted by atomic mass is 16.6. The molecule has 0 aromatic carbocycles. The Morgan fingerprint density at radius 2 is 0.506 bits per heavy atom. The van der Waals surface area contributed by atoms with Crippen molar-refractivity contribution < 1.29 is 28.6 Å². The zero-order chi connectivity index (χ0) is 58.5. The first-order valence-electron chi connectivity index (χ1n) is 33.7. The fraction of sp³-hybridized carbons (Fsp3) is 0.667. The Balaban J connectivity index is 4.37. The van der Waals surface area contributed by atoms with E-state index in [1.165, 1.54) is 109 Å². The first-order chi connectivity index (χ1) is 40.0. The molecule has 0 aliphatic rings. The van der Waals surface area contributed by atoms with Crippen molar-refractivity contribution in [2.24, 2.45) is 0 Å². The smallest absolute Gasteiger partial charge is 0.306 e. The highest BCUT2D eigenvalue weighted by Gasteiger charge is 2.19. The standard InChI is InChI=1S/C75H124O6/c1-4-7-10-13-16-19-22-25-27-29-31-33-35-36-37-38-40-41-43-45-47-50-53-56-59-62-65-68-74(77)80-71-72(70-79-73(76)67-64-61-58-55-52-49-24-21-18-15-12-9-6-3)81-75(78)69-66-63-60-57-54-51-48-46-44-42-39-34-32-30-28-26-23-20-17-14-11-8-5-2/h8,11-12,15,17,20-22,24-26,28-29,31-32,34-36,42,44,48,51,72H,4-7,9-10,13-14,16,18-19,23,27,30,33,37-41,43,45-47,49-50,52-71H2,1-3H3/b11-8-,15-12-,20-17-,24-21-,25-22-,28-26-,31-29-,34-32-,36-35-,44-42-,51-48-. The average molecular weight is 1120 g/mol. The largest absolute Gasteiger partial charge is 0.462 e. The first kappa shape index (κ1) is 76.5. The maximum Gasteiger partial charge on any atom is 0.306 e. The second kappa shape index (κ2) is 68.1. The van der Waals surface area contributed by atoms with E-state index in [0.29, 0.717) is 19.3 Å². The summed E-state index contributed by atoms with van der Waals surface area (Å²) in [6, 6.07) is 0. The van der Waals surface area contributed by atoms with Gasteiger partial charge >= 0.3 is 17.9 Å². The van der Waals surface area contributed by atoms with Crippen LogP contribution in [0.1, 0.15) is 303 Å². The number of unbranched alkanes of at least 4 members (excludes halogenated alkanes) is 27. The van der Waals surface area contributed by atoms with Gasteiger partial charge < -0.3 is 14.2 Å². The molecule has 0 aliphatic heterocycles. The summed E-state index contributed by atoms with van der Waals surface area (Å²) in [7, 11) is 0. The number of carbonyl (C=O) groups excluding carboxylic acids is 3. The molecular formula is C75H124O6. The summed E-state index contributed by atoms with van der Waals surface area (Å²) in [6.45, 7) is 6.43. The van der Waals surface area contributed by atoms with Crippen molar-refractivity contribution in [1.29, 1.82) is 0 Å². The lowest BCUT2D eigenvalue weighted by atomic mass is 10.0. The predicted octanol–water partition coefficient (Wildman–Crippen LogP) is 23.3. The zero-order valence-electron chi connectivity index (χ0n) is 52.8. The van der Waals surface area contributed by atoms with Gasteiger partial charge in [-0.05, 0) is 135 Å². The SMILES string of the molecule is CC/C=C\C/C=C\C/C=C\C/C=C\C/C=C\C/C=C\CCCCCCC(=O)OC(COC(=O)CCCCCCC/C=C\C/C=C\CCC)COC(=O)CCCCCCCCCCCCCC/C=C\C/C=C\C/C=C\CCCCCCC. The van der Waals surface area contributed by atoms with Gasteiger partial charge in [0.25, 0.3) is 0 Å². The molecule has 0 radical (unpaired) electrons. The summed E-state index contributed by atoms with van der Waals surface area (Å²) in [4.78, 5) is 38.4. The number of hydrogen-bond donors (Lipinski definition) is 0. The first-order valence-corrected chi connectivity index (χ1v) is 33.7. The van der Waals surface area contributed by atoms with Crippen LogP contribution >= 0.6 is 0 Å². The van der Waals surface area contributed by atoms with Crippen molar-refractivity contribution in [2.45, 2.75) is 309 Å². The molecule has 1 unspecified atom stereocenters. The van der Waals surface area contributed by atoms with Crippen LogP contribution in [0.15, 0.2) is 134 Å². The number of esters is 3. The molecule has 81 heavy (non-hydrogen) atoms. The lowest BCUT2D eigenvalue weighted by Gasteiger charge is -2.18. The van der Waals surface area contributed by atoms with Crippen LogP contribution in [0.5, 0.6) is 0 Å². The summed E-state index contributed by atoms with van der Waals surface area (Å²) in [5, 5.41) is 0. The average Bonchev–Trinajstić information content (AvgIpc) is 3.46. The molecule has 6 heteroatoms. The minimum absolute atomic E-state index is 0.0972. The molecule has 0 bridgehead atoms. The summed E-state index contributed by atoms with van der Waals surface area (Å²) in [6.07, 6.45) is 96.1. The summed E-state index contributed by atoms with van der Waals surface area (Å²) in [5.41, 5.74) is 0. The van der Waals surface area contributed by atoms with E-state index in [9.17, 15) is 14.4 Å². The van der Waals surface area contributed by atoms with E-state index in [0.717, 1.165) is 154 Å². The van der Waals surface area contributed by atoms with Crippen LogP contribution in [0.2, 0.25) is 0 Å². The third kappa shape index (κ3) is 66.2. The third-order valence-corrected chi connectivity index (χ3v) is 14.1. The molecule has 0 aromatic heterocycles. The molecule has 0 aliphatic carbocycles. The van der Waals surface area contributed by atoms with Crippen LogP contribution in [0.25, 0.3) is 0 Å². The van der Waals surface area contributed by atoms with Crippen LogP contribution in [0, 0.1) is 0 Å². The van der Waals surface area contributed by atoms with Crippen LogP contribution in [-0.2, 0) is 28.6 Å². The van der Waals surface area contributed by atoms with Crippen molar-refractivity contribution >= 4 is 17.9 Å². The van der Waals surface area contributed by atoms with Gasteiger partial charge in [0, 0.05) is 19.3 Å². The Morgan fingerprint density at radius 3 is 0.802 bits per heavy atom. The molecule has 0 aromatic rings. The lowest BCUT2D eigenvalue weighted by Crippen LogP contribution is -2.30. The van der Waals surface area contributed by atoms with E-state index >= 15 is 0 Å². The Labute approximate surface area is 500 Å². The lowest BCUT2D eigenvalue weighted by molar-refractivity contribution is -0.167. The molecule has 0 saturated carbocycles. The highest BCUT2D eigenvalue weighted by Crippen LogP contribution is 2.16. The van der Waals surface area contributed by atoms with Crippen molar-refractivity contribution in [1.82, 2.24) is 0 Å². The van der Waals surface area contributed by atoms with E-state index in [1.807, 2.05) is 0 Å². The minimum atomic E-state index is -0.805. The molecule has 0 amide bonds. The van der Waals surface area contributed by atoms with Crippen molar-refractivity contribution in [3.8, 4) is 0 Å². The molecule has 460 valence electrons. The number of rotatable bonds is 60. The monoisotopic (exact) mass is 1120 g/mol. The topological polar surface area (TPSA) is 78.9 Å². The molecule has 1 atom stereocenters. The van der Waals surface area contributed by atoms with Crippen molar-refractivity contribution in [2.75, 3.05) is 13.2 Å². The minimum Gasteiger partial charge on any atom is -0.462 e. The van der Waals surface area contributed by atoms with Gasteiger partial charge in [0.05, 0.1) is 0 Å². The summed E-state index contributed by atoms with van der Waals surface area (Å²) < 4.78 is 16.9. The molecular weight excluding hydrogens is 997 g/mol. The fourth-order valence-electron chi connectivity index (χ4n) is 9.08. The summed E-state index contributed by atoms with van der Waals surface area (Å²) >= 11 is 0. The number of hydrogen-bond acceptors (Lipinski definition) is 6. The normalized spacial score (nSPS) is 13.0. The Hall–Kier alpha value is -4.45. The van der Waals surface area contributed by atoms with Crippen molar-refractivity contribution in [3.05, 3.63) is 134 Å². The van der Waals surface area contributed by atoms with Gasteiger partial charge in [-0.3, -0.25) is 14.4 Å². The van der Waals surface area contributed by atoms with Gasteiger partial charge in [0.2, 0.25) is 0 Å². The van der Waals surface area contributed by atoms with Crippen LogP contribution in [0.4, 0.5) is 0 Å². The zero-order valence-corrected chi connectivity index (χ0v) is 52.8. The molecule has 0 heterocycles. The second-order valence-corrected chi connectivity index (χ2v) is 22.0. The van der Waals surface area contributed by atoms with Gasteiger partial charge in [0.15, 0.2) is 6.10 Å². The second-order valence-electron chi connectivity index (χ2n) is 22.0. The number of ether oxygens (including phenoxy) is 3. The quantitative estimate of drug-likeness (QED) is 0.0261. The Kier molecular flexibility index (Phi) is 64.3. The van der Waals surface area contributed by atoms with Crippen LogP contribution in [0.3, 0.4) is 0 Å². The molecule has 6 nitrogen and oxygen atoms in total. The van der Waals surface area contributed by atoms with E-state index in [2.05, 4.69) is 154 Å². The van der Waals surface area contributed by atoms with Gasteiger partial charge in [-0.15, -0.1) is 0 Å². The van der Waals surface area contributed by atoms with E-state index in [4.69, 9.17) is 14.2 Å².